The molecule has 3 heterocycles. The summed E-state index contributed by atoms with van der Waals surface area (Å²) >= 11 is 6.07. The summed E-state index contributed by atoms with van der Waals surface area (Å²) in [5.41, 5.74) is 3.53. The predicted molar refractivity (Wildman–Crippen MR) is 103 cm³/mol. The molecule has 0 amide bonds. The quantitative estimate of drug-likeness (QED) is 0.541. The van der Waals surface area contributed by atoms with E-state index in [2.05, 4.69) is 25.4 Å². The van der Waals surface area contributed by atoms with E-state index >= 15 is 0 Å². The molecule has 0 aliphatic rings. The molecule has 0 aliphatic heterocycles. The summed E-state index contributed by atoms with van der Waals surface area (Å²) in [6.45, 7) is 3.97. The Morgan fingerprint density at radius 1 is 1.12 bits per heavy atom. The molecule has 0 bridgehead atoms. The molecule has 7 heteroatoms. The molecule has 3 aromatic heterocycles. The summed E-state index contributed by atoms with van der Waals surface area (Å²) in [5, 5.41) is 9.28. The fraction of sp³-hybridized carbons (Fsp3) is 0.158. The normalized spacial score (nSPS) is 11.0. The molecule has 0 fully saturated rings. The second-order valence-corrected chi connectivity index (χ2v) is 6.29. The molecule has 0 atom stereocenters. The zero-order valence-corrected chi connectivity index (χ0v) is 15.2. The number of benzene rings is 1. The first-order valence-electron chi connectivity index (χ1n) is 8.35. The van der Waals surface area contributed by atoms with Gasteiger partial charge in [-0.15, -0.1) is 0 Å². The van der Waals surface area contributed by atoms with Gasteiger partial charge < -0.3 is 5.32 Å². The van der Waals surface area contributed by atoms with Gasteiger partial charge in [-0.2, -0.15) is 5.10 Å². The van der Waals surface area contributed by atoms with Crippen molar-refractivity contribution >= 4 is 34.1 Å². The van der Waals surface area contributed by atoms with Gasteiger partial charge in [-0.25, -0.2) is 19.6 Å². The lowest BCUT2D eigenvalue weighted by atomic mass is 10.2. The second-order valence-electron chi connectivity index (χ2n) is 5.90. The Labute approximate surface area is 155 Å². The Morgan fingerprint density at radius 3 is 2.69 bits per heavy atom. The number of nitrogens with zero attached hydrogens (tertiary/aromatic N) is 5. The first-order chi connectivity index (χ1) is 12.6. The number of aromatic nitrogens is 5. The van der Waals surface area contributed by atoms with Gasteiger partial charge >= 0.3 is 0 Å². The van der Waals surface area contributed by atoms with Crippen molar-refractivity contribution in [1.29, 1.82) is 0 Å². The minimum Gasteiger partial charge on any atom is -0.339 e. The van der Waals surface area contributed by atoms with Gasteiger partial charge in [0.05, 0.1) is 23.3 Å². The third-order valence-corrected chi connectivity index (χ3v) is 4.23. The van der Waals surface area contributed by atoms with Crippen molar-refractivity contribution in [2.75, 3.05) is 5.32 Å². The van der Waals surface area contributed by atoms with Crippen molar-refractivity contribution in [3.63, 3.8) is 0 Å². The predicted octanol–water partition coefficient (Wildman–Crippen LogP) is 4.48. The molecular formula is C19H17ClN6. The largest absolute Gasteiger partial charge is 0.339 e. The van der Waals surface area contributed by atoms with Gasteiger partial charge in [-0.1, -0.05) is 36.7 Å². The number of rotatable bonds is 4. The van der Waals surface area contributed by atoms with E-state index < -0.39 is 0 Å². The van der Waals surface area contributed by atoms with Crippen LogP contribution in [-0.2, 0) is 6.42 Å². The molecule has 1 N–H and O–H groups in total. The fourth-order valence-corrected chi connectivity index (χ4v) is 3.00. The van der Waals surface area contributed by atoms with Crippen molar-refractivity contribution in [3.8, 4) is 5.69 Å². The second kappa shape index (κ2) is 6.72. The lowest BCUT2D eigenvalue weighted by molar-refractivity contribution is 0.878. The van der Waals surface area contributed by atoms with Gasteiger partial charge in [0.1, 0.15) is 16.8 Å². The zero-order chi connectivity index (χ0) is 18.1. The van der Waals surface area contributed by atoms with Crippen LogP contribution in [0.5, 0.6) is 0 Å². The summed E-state index contributed by atoms with van der Waals surface area (Å²) in [4.78, 5) is 13.2. The monoisotopic (exact) mass is 364 g/mol. The van der Waals surface area contributed by atoms with Crippen molar-refractivity contribution in [1.82, 2.24) is 24.7 Å². The highest BCUT2D eigenvalue weighted by atomic mass is 35.5. The van der Waals surface area contributed by atoms with Crippen LogP contribution in [0.1, 0.15) is 18.4 Å². The van der Waals surface area contributed by atoms with E-state index in [1.165, 1.54) is 0 Å². The molecule has 0 saturated heterocycles. The van der Waals surface area contributed by atoms with Gasteiger partial charge in [-0.05, 0) is 25.1 Å². The average Bonchev–Trinajstić information content (AvgIpc) is 2.98. The van der Waals surface area contributed by atoms with Crippen LogP contribution in [0.15, 0.2) is 48.7 Å². The van der Waals surface area contributed by atoms with Gasteiger partial charge in [0.2, 0.25) is 0 Å². The van der Waals surface area contributed by atoms with Crippen molar-refractivity contribution < 1.29 is 0 Å². The molecule has 0 radical (unpaired) electrons. The minimum atomic E-state index is 0.418. The van der Waals surface area contributed by atoms with Gasteiger partial charge in [0.15, 0.2) is 5.65 Å². The van der Waals surface area contributed by atoms with Crippen LogP contribution >= 0.6 is 11.6 Å². The number of hydrogen-bond donors (Lipinski definition) is 1. The Balaban J connectivity index is 1.73. The average molecular weight is 365 g/mol. The maximum atomic E-state index is 6.07. The smallest absolute Gasteiger partial charge is 0.163 e. The molecule has 0 aliphatic carbocycles. The van der Waals surface area contributed by atoms with Crippen molar-refractivity contribution in [3.05, 3.63) is 65.3 Å². The summed E-state index contributed by atoms with van der Waals surface area (Å²) in [6, 6.07) is 13.7. The first kappa shape index (κ1) is 16.5. The standard InChI is InChI=1S/C19H17ClN6/c1-3-17-23-16(20)10-18(24-17)22-13-9-15-12(2)25-26(19(15)21-11-13)14-7-5-4-6-8-14/h4-11H,3H2,1-2H3,(H,22,23,24). The van der Waals surface area contributed by atoms with Crippen LogP contribution in [0, 0.1) is 6.92 Å². The highest BCUT2D eigenvalue weighted by Crippen LogP contribution is 2.25. The van der Waals surface area contributed by atoms with Crippen LogP contribution < -0.4 is 5.32 Å². The topological polar surface area (TPSA) is 68.5 Å². The van der Waals surface area contributed by atoms with E-state index in [4.69, 9.17) is 11.6 Å². The van der Waals surface area contributed by atoms with E-state index in [0.29, 0.717) is 16.8 Å². The van der Waals surface area contributed by atoms with Gasteiger partial charge in [0.25, 0.3) is 0 Å². The molecule has 4 rings (SSSR count). The van der Waals surface area contributed by atoms with E-state index in [0.717, 1.165) is 34.5 Å². The zero-order valence-electron chi connectivity index (χ0n) is 14.4. The Bertz CT molecular complexity index is 1070. The molecule has 26 heavy (non-hydrogen) atoms. The molecule has 1 aromatic carbocycles. The van der Waals surface area contributed by atoms with Crippen LogP contribution in [0.25, 0.3) is 16.7 Å². The molecule has 6 nitrogen and oxygen atoms in total. The highest BCUT2D eigenvalue weighted by molar-refractivity contribution is 6.29. The van der Waals surface area contributed by atoms with Crippen LogP contribution in [0.2, 0.25) is 5.15 Å². The number of fused-ring (bicyclic) bond motifs is 1. The third kappa shape index (κ3) is 3.11. The van der Waals surface area contributed by atoms with E-state index in [9.17, 15) is 0 Å². The fourth-order valence-electron chi connectivity index (χ4n) is 2.80. The van der Waals surface area contributed by atoms with E-state index in [-0.39, 0.29) is 0 Å². The lowest BCUT2D eigenvalue weighted by Gasteiger charge is -2.08. The minimum absolute atomic E-state index is 0.418. The number of nitrogens with one attached hydrogen (secondary N) is 1. The summed E-state index contributed by atoms with van der Waals surface area (Å²) in [7, 11) is 0. The number of aryl methyl sites for hydroxylation is 2. The number of anilines is 2. The molecule has 0 saturated carbocycles. The third-order valence-electron chi connectivity index (χ3n) is 4.04. The number of para-hydroxylation sites is 1. The van der Waals surface area contributed by atoms with E-state index in [1.807, 2.05) is 54.9 Å². The molecule has 130 valence electrons. The Kier molecular flexibility index (Phi) is 4.26. The maximum absolute atomic E-state index is 6.07. The first-order valence-corrected chi connectivity index (χ1v) is 8.73. The number of pyridine rings is 1. The summed E-state index contributed by atoms with van der Waals surface area (Å²) in [5.74, 6) is 1.35. The van der Waals surface area contributed by atoms with Crippen molar-refractivity contribution in [2.45, 2.75) is 20.3 Å². The van der Waals surface area contributed by atoms with Crippen LogP contribution in [0.4, 0.5) is 11.5 Å². The van der Waals surface area contributed by atoms with Crippen LogP contribution in [-0.4, -0.2) is 24.7 Å². The molecule has 0 unspecified atom stereocenters. The van der Waals surface area contributed by atoms with E-state index in [1.54, 1.807) is 12.3 Å². The molecule has 0 spiro atoms. The van der Waals surface area contributed by atoms with Crippen LogP contribution in [0.3, 0.4) is 0 Å². The van der Waals surface area contributed by atoms with Gasteiger partial charge in [-0.3, -0.25) is 0 Å². The molecular weight excluding hydrogens is 348 g/mol. The SMILES string of the molecule is CCc1nc(Cl)cc(Nc2cnc3c(c2)c(C)nn3-c2ccccc2)n1. The Morgan fingerprint density at radius 2 is 1.92 bits per heavy atom. The number of halogens is 1. The molecule has 4 aromatic rings. The summed E-state index contributed by atoms with van der Waals surface area (Å²) in [6.07, 6.45) is 2.49. The highest BCUT2D eigenvalue weighted by Gasteiger charge is 2.11. The Hall–Kier alpha value is -2.99. The lowest BCUT2D eigenvalue weighted by Crippen LogP contribution is -2.00. The van der Waals surface area contributed by atoms with Gasteiger partial charge in [0, 0.05) is 17.9 Å². The summed E-state index contributed by atoms with van der Waals surface area (Å²) < 4.78 is 1.85. The van der Waals surface area contributed by atoms with Crippen molar-refractivity contribution in [2.24, 2.45) is 0 Å². The maximum Gasteiger partial charge on any atom is 0.163 e. The number of hydrogen-bond acceptors (Lipinski definition) is 5.